The summed E-state index contributed by atoms with van der Waals surface area (Å²) in [7, 11) is 0. The maximum Gasteiger partial charge on any atom is 0.160 e. The second kappa shape index (κ2) is 4.69. The van der Waals surface area contributed by atoms with Gasteiger partial charge in [-0.2, -0.15) is 5.10 Å². The zero-order valence-corrected chi connectivity index (χ0v) is 10.4. The van der Waals surface area contributed by atoms with Gasteiger partial charge in [0.2, 0.25) is 0 Å². The summed E-state index contributed by atoms with van der Waals surface area (Å²) < 4.78 is 1.92. The molecule has 0 saturated heterocycles. The molecule has 1 unspecified atom stereocenters. The summed E-state index contributed by atoms with van der Waals surface area (Å²) in [5.74, 6) is 1.26. The zero-order chi connectivity index (χ0) is 11.6. The number of rotatable bonds is 4. The van der Waals surface area contributed by atoms with Gasteiger partial charge in [0.1, 0.15) is 5.69 Å². The lowest BCUT2D eigenvalue weighted by Crippen LogP contribution is -2.08. The van der Waals surface area contributed by atoms with Crippen LogP contribution in [0, 0.1) is 12.8 Å². The van der Waals surface area contributed by atoms with Crippen LogP contribution in [0.3, 0.4) is 0 Å². The maximum atomic E-state index is 9.95. The SMILES string of the molecule is CCC(C)c1nn(CC(C)C)c(C)c1O. The van der Waals surface area contributed by atoms with Crippen molar-refractivity contribution in [3.05, 3.63) is 11.4 Å². The molecule has 0 aliphatic carbocycles. The largest absolute Gasteiger partial charge is 0.504 e. The predicted octanol–water partition coefficient (Wildman–Crippen LogP) is 3.07. The fraction of sp³-hybridized carbons (Fsp3) is 0.750. The van der Waals surface area contributed by atoms with Crippen LogP contribution in [0.4, 0.5) is 0 Å². The number of aromatic nitrogens is 2. The monoisotopic (exact) mass is 210 g/mol. The van der Waals surface area contributed by atoms with Gasteiger partial charge in [-0.3, -0.25) is 4.68 Å². The summed E-state index contributed by atoms with van der Waals surface area (Å²) in [6.07, 6.45) is 1.01. The van der Waals surface area contributed by atoms with Gasteiger partial charge in [-0.15, -0.1) is 0 Å². The molecular formula is C12H22N2O. The molecule has 1 rings (SSSR count). The van der Waals surface area contributed by atoms with Gasteiger partial charge >= 0.3 is 0 Å². The number of hydrogen-bond acceptors (Lipinski definition) is 2. The van der Waals surface area contributed by atoms with Gasteiger partial charge in [0, 0.05) is 12.5 Å². The Hall–Kier alpha value is -0.990. The van der Waals surface area contributed by atoms with Crippen LogP contribution in [0.2, 0.25) is 0 Å². The van der Waals surface area contributed by atoms with Crippen molar-refractivity contribution in [3.8, 4) is 5.75 Å². The molecule has 0 bridgehead atoms. The van der Waals surface area contributed by atoms with E-state index in [1.807, 2.05) is 11.6 Å². The van der Waals surface area contributed by atoms with Gasteiger partial charge in [0.25, 0.3) is 0 Å². The third-order valence-corrected chi connectivity index (χ3v) is 2.82. The number of nitrogens with zero attached hydrogens (tertiary/aromatic N) is 2. The molecule has 0 aliphatic rings. The summed E-state index contributed by atoms with van der Waals surface area (Å²) in [6, 6.07) is 0. The van der Waals surface area contributed by atoms with Gasteiger partial charge < -0.3 is 5.11 Å². The lowest BCUT2D eigenvalue weighted by atomic mass is 10.0. The van der Waals surface area contributed by atoms with Gasteiger partial charge in [0.15, 0.2) is 5.75 Å². The van der Waals surface area contributed by atoms with Crippen molar-refractivity contribution in [1.29, 1.82) is 0 Å². The molecule has 0 radical (unpaired) electrons. The van der Waals surface area contributed by atoms with Crippen molar-refractivity contribution >= 4 is 0 Å². The molecule has 3 heteroatoms. The second-order valence-electron chi connectivity index (χ2n) is 4.70. The first-order valence-electron chi connectivity index (χ1n) is 5.73. The molecule has 0 fully saturated rings. The van der Waals surface area contributed by atoms with E-state index in [9.17, 15) is 5.11 Å². The molecule has 3 nitrogen and oxygen atoms in total. The molecule has 1 aromatic heterocycles. The summed E-state index contributed by atoms with van der Waals surface area (Å²) >= 11 is 0. The first kappa shape index (κ1) is 12.1. The van der Waals surface area contributed by atoms with Crippen LogP contribution in [-0.4, -0.2) is 14.9 Å². The Morgan fingerprint density at radius 3 is 2.40 bits per heavy atom. The first-order valence-corrected chi connectivity index (χ1v) is 5.73. The molecule has 1 atom stereocenters. The predicted molar refractivity (Wildman–Crippen MR) is 62.2 cm³/mol. The van der Waals surface area contributed by atoms with E-state index < -0.39 is 0 Å². The minimum atomic E-state index is 0.331. The minimum Gasteiger partial charge on any atom is -0.504 e. The average molecular weight is 210 g/mol. The highest BCUT2D eigenvalue weighted by molar-refractivity contribution is 5.33. The van der Waals surface area contributed by atoms with Crippen LogP contribution < -0.4 is 0 Å². The van der Waals surface area contributed by atoms with E-state index >= 15 is 0 Å². The third kappa shape index (κ3) is 2.52. The Morgan fingerprint density at radius 1 is 1.33 bits per heavy atom. The van der Waals surface area contributed by atoms with E-state index in [4.69, 9.17) is 0 Å². The van der Waals surface area contributed by atoms with E-state index in [0.29, 0.717) is 17.6 Å². The topological polar surface area (TPSA) is 38.0 Å². The van der Waals surface area contributed by atoms with Crippen LogP contribution in [0.5, 0.6) is 5.75 Å². The maximum absolute atomic E-state index is 9.95. The standard InChI is InChI=1S/C12H22N2O/c1-6-9(4)11-12(15)10(5)14(13-11)7-8(2)3/h8-9,15H,6-7H2,1-5H3. The fourth-order valence-electron chi connectivity index (χ4n) is 1.61. The fourth-order valence-corrected chi connectivity index (χ4v) is 1.61. The van der Waals surface area contributed by atoms with Crippen LogP contribution in [0.1, 0.15) is 51.4 Å². The van der Waals surface area contributed by atoms with Crippen molar-refractivity contribution in [2.45, 2.75) is 53.5 Å². The van der Waals surface area contributed by atoms with E-state index in [1.54, 1.807) is 0 Å². The van der Waals surface area contributed by atoms with E-state index in [-0.39, 0.29) is 0 Å². The second-order valence-corrected chi connectivity index (χ2v) is 4.70. The molecule has 0 saturated carbocycles. The number of hydrogen-bond donors (Lipinski definition) is 1. The smallest absolute Gasteiger partial charge is 0.160 e. The molecule has 0 amide bonds. The Bertz CT molecular complexity index is 329. The van der Waals surface area contributed by atoms with Gasteiger partial charge in [-0.05, 0) is 19.3 Å². The highest BCUT2D eigenvalue weighted by Gasteiger charge is 2.18. The molecule has 15 heavy (non-hydrogen) atoms. The van der Waals surface area contributed by atoms with Crippen LogP contribution in [0.15, 0.2) is 0 Å². The minimum absolute atomic E-state index is 0.331. The molecule has 86 valence electrons. The lowest BCUT2D eigenvalue weighted by molar-refractivity contribution is 0.450. The summed E-state index contributed by atoms with van der Waals surface area (Å²) in [4.78, 5) is 0. The van der Waals surface area contributed by atoms with Gasteiger partial charge in [0.05, 0.1) is 5.69 Å². The zero-order valence-electron chi connectivity index (χ0n) is 10.4. The molecule has 0 aromatic carbocycles. The van der Waals surface area contributed by atoms with Crippen LogP contribution in [0.25, 0.3) is 0 Å². The Labute approximate surface area is 92.1 Å². The highest BCUT2D eigenvalue weighted by Crippen LogP contribution is 2.29. The van der Waals surface area contributed by atoms with Crippen molar-refractivity contribution < 1.29 is 5.11 Å². The molecule has 1 aromatic rings. The first-order chi connectivity index (χ1) is 6.97. The lowest BCUT2D eigenvalue weighted by Gasteiger charge is -2.06. The Kier molecular flexibility index (Phi) is 3.77. The quantitative estimate of drug-likeness (QED) is 0.829. The third-order valence-electron chi connectivity index (χ3n) is 2.82. The summed E-state index contributed by atoms with van der Waals surface area (Å²) in [5, 5.41) is 14.4. The molecule has 0 aliphatic heterocycles. The highest BCUT2D eigenvalue weighted by atomic mass is 16.3. The molecule has 1 N–H and O–H groups in total. The van der Waals surface area contributed by atoms with Crippen molar-refractivity contribution in [1.82, 2.24) is 9.78 Å². The Balaban J connectivity index is 3.01. The molecular weight excluding hydrogens is 188 g/mol. The summed E-state index contributed by atoms with van der Waals surface area (Å²) in [6.45, 7) is 11.3. The van der Waals surface area contributed by atoms with Gasteiger partial charge in [-0.1, -0.05) is 27.7 Å². The van der Waals surface area contributed by atoms with E-state index in [0.717, 1.165) is 24.4 Å². The van der Waals surface area contributed by atoms with Crippen molar-refractivity contribution in [2.24, 2.45) is 5.92 Å². The van der Waals surface area contributed by atoms with E-state index in [2.05, 4.69) is 32.8 Å². The molecule has 0 spiro atoms. The normalized spacial score (nSPS) is 13.5. The molecule has 1 heterocycles. The van der Waals surface area contributed by atoms with E-state index in [1.165, 1.54) is 0 Å². The number of aromatic hydroxyl groups is 1. The van der Waals surface area contributed by atoms with Crippen molar-refractivity contribution in [3.63, 3.8) is 0 Å². The average Bonchev–Trinajstić information content (AvgIpc) is 2.44. The van der Waals surface area contributed by atoms with Crippen LogP contribution in [-0.2, 0) is 6.54 Å². The van der Waals surface area contributed by atoms with Crippen molar-refractivity contribution in [2.75, 3.05) is 0 Å². The van der Waals surface area contributed by atoms with Crippen LogP contribution >= 0.6 is 0 Å². The van der Waals surface area contributed by atoms with Gasteiger partial charge in [-0.25, -0.2) is 0 Å². The summed E-state index contributed by atoms with van der Waals surface area (Å²) in [5.41, 5.74) is 1.73. The Morgan fingerprint density at radius 2 is 1.93 bits per heavy atom.